The Morgan fingerprint density at radius 3 is 2.24 bits per heavy atom. The van der Waals surface area contributed by atoms with Crippen molar-refractivity contribution < 1.29 is 15.0 Å². The van der Waals surface area contributed by atoms with Crippen LogP contribution >= 0.6 is 0 Å². The molecule has 158 valence electrons. The highest BCUT2D eigenvalue weighted by Gasteiger charge is 2.37. The first kappa shape index (κ1) is 22.9. The largest absolute Gasteiger partial charge is 0.465 e. The molecule has 0 saturated heterocycles. The summed E-state index contributed by atoms with van der Waals surface area (Å²) in [6.45, 7) is 10.7. The van der Waals surface area contributed by atoms with Crippen molar-refractivity contribution in [3.8, 4) is 0 Å². The molecule has 3 N–H and O–H groups in total. The quantitative estimate of drug-likeness (QED) is 0.625. The molecule has 0 saturated carbocycles. The van der Waals surface area contributed by atoms with Gasteiger partial charge in [0.15, 0.2) is 0 Å². The van der Waals surface area contributed by atoms with E-state index in [-0.39, 0.29) is 0 Å². The molecular weight excluding hydrogens is 364 g/mol. The number of benzene rings is 2. The molecule has 2 aromatic rings. The zero-order valence-corrected chi connectivity index (χ0v) is 18.1. The third-order valence-electron chi connectivity index (χ3n) is 5.25. The zero-order valence-electron chi connectivity index (χ0n) is 18.1. The van der Waals surface area contributed by atoms with E-state index in [1.54, 1.807) is 0 Å². The van der Waals surface area contributed by atoms with Crippen molar-refractivity contribution in [1.29, 1.82) is 0 Å². The van der Waals surface area contributed by atoms with Crippen LogP contribution in [-0.4, -0.2) is 45.4 Å². The maximum atomic E-state index is 12.0. The van der Waals surface area contributed by atoms with Crippen LogP contribution < -0.4 is 5.32 Å². The van der Waals surface area contributed by atoms with Gasteiger partial charge in [-0.05, 0) is 63.3 Å². The molecule has 5 heteroatoms. The lowest BCUT2D eigenvalue weighted by molar-refractivity contribution is 0.00770. The number of aryl methyl sites for hydroxylation is 2. The molecule has 0 unspecified atom stereocenters. The number of nitrogens with one attached hydrogen (secondary N) is 1. The van der Waals surface area contributed by atoms with Gasteiger partial charge in [0.25, 0.3) is 0 Å². The summed E-state index contributed by atoms with van der Waals surface area (Å²) in [7, 11) is 0. The molecule has 2 rings (SSSR count). The van der Waals surface area contributed by atoms with Crippen LogP contribution in [0.15, 0.2) is 48.5 Å². The number of hydrogen-bond acceptors (Lipinski definition) is 3. The Hall–Kier alpha value is -2.37. The highest BCUT2D eigenvalue weighted by molar-refractivity contribution is 5.66. The molecular formula is C24H34N2O3. The number of aliphatic hydroxyl groups excluding tert-OH is 1. The van der Waals surface area contributed by atoms with Crippen molar-refractivity contribution in [1.82, 2.24) is 10.2 Å². The van der Waals surface area contributed by atoms with Crippen molar-refractivity contribution >= 4 is 6.09 Å². The molecule has 0 aliphatic heterocycles. The molecule has 0 radical (unpaired) electrons. The molecule has 0 spiro atoms. The van der Waals surface area contributed by atoms with Crippen LogP contribution in [0.1, 0.15) is 43.0 Å². The molecule has 0 fully saturated rings. The Labute approximate surface area is 174 Å². The predicted molar refractivity (Wildman–Crippen MR) is 117 cm³/mol. The Kier molecular flexibility index (Phi) is 7.82. The first-order chi connectivity index (χ1) is 13.6. The van der Waals surface area contributed by atoms with Crippen molar-refractivity contribution in [3.63, 3.8) is 0 Å². The van der Waals surface area contributed by atoms with E-state index < -0.39 is 23.8 Å². The minimum absolute atomic E-state index is 0.310. The molecule has 1 amide bonds. The molecule has 2 atom stereocenters. The standard InChI is InChI=1S/C24H34N2O3/c1-17-11-12-20(13-18(17)2)15-25-16-22(27)21(14-19-9-7-6-8-10-19)26(23(28)29)24(3,4)5/h6-13,21-22,25,27H,14-16H2,1-5H3,(H,28,29)/t21-,22+/m0/s1. The van der Waals surface area contributed by atoms with Crippen LogP contribution in [0.25, 0.3) is 0 Å². The average molecular weight is 399 g/mol. The van der Waals surface area contributed by atoms with Crippen LogP contribution in [0, 0.1) is 13.8 Å². The molecule has 0 bridgehead atoms. The molecule has 0 aromatic heterocycles. The Bertz CT molecular complexity index is 800. The SMILES string of the molecule is Cc1ccc(CNC[C@@H](O)[C@H](Cc2ccccc2)N(C(=O)O)C(C)(C)C)cc1C. The van der Waals surface area contributed by atoms with Gasteiger partial charge in [0.1, 0.15) is 0 Å². The maximum Gasteiger partial charge on any atom is 0.408 e. The maximum absolute atomic E-state index is 12.0. The predicted octanol–water partition coefficient (Wildman–Crippen LogP) is 4.14. The van der Waals surface area contributed by atoms with Gasteiger partial charge in [-0.3, -0.25) is 4.90 Å². The van der Waals surface area contributed by atoms with Crippen molar-refractivity contribution in [2.45, 2.75) is 65.3 Å². The fraction of sp³-hybridized carbons (Fsp3) is 0.458. The number of amides is 1. The summed E-state index contributed by atoms with van der Waals surface area (Å²) in [5, 5.41) is 24.1. The van der Waals surface area contributed by atoms with E-state index in [1.807, 2.05) is 51.1 Å². The first-order valence-corrected chi connectivity index (χ1v) is 10.1. The third kappa shape index (κ3) is 6.58. The van der Waals surface area contributed by atoms with Crippen LogP contribution in [0.2, 0.25) is 0 Å². The summed E-state index contributed by atoms with van der Waals surface area (Å²) < 4.78 is 0. The molecule has 5 nitrogen and oxygen atoms in total. The van der Waals surface area contributed by atoms with Gasteiger partial charge in [-0.2, -0.15) is 0 Å². The molecule has 0 aliphatic rings. The smallest absolute Gasteiger partial charge is 0.408 e. The Balaban J connectivity index is 2.13. The fourth-order valence-electron chi connectivity index (χ4n) is 3.60. The fourth-order valence-corrected chi connectivity index (χ4v) is 3.60. The second-order valence-corrected chi connectivity index (χ2v) is 8.70. The van der Waals surface area contributed by atoms with Crippen LogP contribution in [0.3, 0.4) is 0 Å². The third-order valence-corrected chi connectivity index (χ3v) is 5.25. The van der Waals surface area contributed by atoms with Crippen molar-refractivity contribution in [3.05, 3.63) is 70.8 Å². The van der Waals surface area contributed by atoms with Gasteiger partial charge < -0.3 is 15.5 Å². The van der Waals surface area contributed by atoms with Gasteiger partial charge in [0.05, 0.1) is 12.1 Å². The number of aliphatic hydroxyl groups is 1. The second kappa shape index (κ2) is 9.90. The van der Waals surface area contributed by atoms with Gasteiger partial charge >= 0.3 is 6.09 Å². The number of carbonyl (C=O) groups is 1. The average Bonchev–Trinajstić information content (AvgIpc) is 2.63. The summed E-state index contributed by atoms with van der Waals surface area (Å²) in [6, 6.07) is 15.5. The molecule has 0 aliphatic carbocycles. The van der Waals surface area contributed by atoms with Gasteiger partial charge in [0.2, 0.25) is 0 Å². The molecule has 29 heavy (non-hydrogen) atoms. The zero-order chi connectivity index (χ0) is 21.6. The van der Waals surface area contributed by atoms with Crippen LogP contribution in [-0.2, 0) is 13.0 Å². The summed E-state index contributed by atoms with van der Waals surface area (Å²) in [5.74, 6) is 0. The van der Waals surface area contributed by atoms with E-state index in [0.717, 1.165) is 11.1 Å². The van der Waals surface area contributed by atoms with E-state index in [2.05, 4.69) is 37.4 Å². The summed E-state index contributed by atoms with van der Waals surface area (Å²) >= 11 is 0. The summed E-state index contributed by atoms with van der Waals surface area (Å²) in [6.07, 6.45) is -1.40. The van der Waals surface area contributed by atoms with E-state index in [4.69, 9.17) is 0 Å². The molecule has 0 heterocycles. The number of hydrogen-bond donors (Lipinski definition) is 3. The number of rotatable bonds is 8. The minimum Gasteiger partial charge on any atom is -0.465 e. The van der Waals surface area contributed by atoms with E-state index in [1.165, 1.54) is 16.0 Å². The highest BCUT2D eigenvalue weighted by atomic mass is 16.4. The number of carboxylic acid groups (broad SMARTS) is 1. The van der Waals surface area contributed by atoms with Gasteiger partial charge in [0, 0.05) is 18.6 Å². The minimum atomic E-state index is -1.02. The normalized spacial score (nSPS) is 13.7. The number of nitrogens with zero attached hydrogens (tertiary/aromatic N) is 1. The van der Waals surface area contributed by atoms with Gasteiger partial charge in [-0.25, -0.2) is 4.79 Å². The second-order valence-electron chi connectivity index (χ2n) is 8.70. The monoisotopic (exact) mass is 398 g/mol. The summed E-state index contributed by atoms with van der Waals surface area (Å²) in [4.78, 5) is 13.4. The molecule has 2 aromatic carbocycles. The van der Waals surface area contributed by atoms with Crippen molar-refractivity contribution in [2.24, 2.45) is 0 Å². The van der Waals surface area contributed by atoms with Gasteiger partial charge in [-0.15, -0.1) is 0 Å². The highest BCUT2D eigenvalue weighted by Crippen LogP contribution is 2.23. The van der Waals surface area contributed by atoms with Gasteiger partial charge in [-0.1, -0.05) is 48.5 Å². The summed E-state index contributed by atoms with van der Waals surface area (Å²) in [5.41, 5.74) is 4.00. The van der Waals surface area contributed by atoms with Crippen LogP contribution in [0.4, 0.5) is 4.79 Å². The Morgan fingerprint density at radius 2 is 1.69 bits per heavy atom. The van der Waals surface area contributed by atoms with E-state index in [9.17, 15) is 15.0 Å². The lowest BCUT2D eigenvalue weighted by atomic mass is 9.94. The van der Waals surface area contributed by atoms with Crippen molar-refractivity contribution in [2.75, 3.05) is 6.54 Å². The van der Waals surface area contributed by atoms with E-state index >= 15 is 0 Å². The Morgan fingerprint density at radius 1 is 1.03 bits per heavy atom. The van der Waals surface area contributed by atoms with Crippen LogP contribution in [0.5, 0.6) is 0 Å². The topological polar surface area (TPSA) is 72.8 Å². The lowest BCUT2D eigenvalue weighted by Gasteiger charge is -2.42. The lowest BCUT2D eigenvalue weighted by Crippen LogP contribution is -2.58. The van der Waals surface area contributed by atoms with E-state index in [0.29, 0.717) is 19.5 Å². The first-order valence-electron chi connectivity index (χ1n) is 10.1.